The number of ketones is 1. The van der Waals surface area contributed by atoms with Crippen molar-refractivity contribution >= 4 is 11.9 Å². The minimum Gasteiger partial charge on any atom is -0.445 e. The number of carbonyl (C=O) groups is 2. The molecule has 130 valence electrons. The number of nitrogens with zero attached hydrogens (tertiary/aromatic N) is 1. The fourth-order valence-electron chi connectivity index (χ4n) is 3.49. The van der Waals surface area contributed by atoms with Gasteiger partial charge in [0.2, 0.25) is 0 Å². The molecule has 1 heterocycles. The monoisotopic (exact) mass is 337 g/mol. The van der Waals surface area contributed by atoms with Crippen LogP contribution in [0.4, 0.5) is 4.79 Å². The summed E-state index contributed by atoms with van der Waals surface area (Å²) in [6.07, 6.45) is 1.70. The van der Waals surface area contributed by atoms with Gasteiger partial charge >= 0.3 is 6.09 Å². The lowest BCUT2D eigenvalue weighted by molar-refractivity contribution is -0.117. The maximum absolute atomic E-state index is 12.8. The lowest BCUT2D eigenvalue weighted by Crippen LogP contribution is -2.38. The lowest BCUT2D eigenvalue weighted by Gasteiger charge is -2.29. The average molecular weight is 337 g/mol. The van der Waals surface area contributed by atoms with Crippen LogP contribution in [0, 0.1) is 0 Å². The minimum atomic E-state index is -0.346. The van der Waals surface area contributed by atoms with E-state index in [2.05, 4.69) is 0 Å². The van der Waals surface area contributed by atoms with Gasteiger partial charge in [0.15, 0.2) is 0 Å². The molecule has 25 heavy (non-hydrogen) atoms. The Bertz CT molecular complexity index is 714. The van der Waals surface area contributed by atoms with Crippen molar-refractivity contribution in [1.82, 2.24) is 4.90 Å². The number of Topliss-reactive ketones (excluding diaryl/α,β-unsaturated/α-hetero) is 1. The Hall–Kier alpha value is -2.62. The Morgan fingerprint density at radius 1 is 1.00 bits per heavy atom. The van der Waals surface area contributed by atoms with Gasteiger partial charge in [0.1, 0.15) is 12.4 Å². The first kappa shape index (κ1) is 17.2. The van der Waals surface area contributed by atoms with Crippen molar-refractivity contribution in [2.24, 2.45) is 0 Å². The Morgan fingerprint density at radius 2 is 1.64 bits per heavy atom. The molecule has 0 aliphatic carbocycles. The van der Waals surface area contributed by atoms with E-state index >= 15 is 0 Å². The molecular formula is C21H23NO3. The summed E-state index contributed by atoms with van der Waals surface area (Å²) in [7, 11) is 0. The molecule has 2 aromatic rings. The molecule has 0 spiro atoms. The summed E-state index contributed by atoms with van der Waals surface area (Å²) in [4.78, 5) is 26.2. The molecule has 0 unspecified atom stereocenters. The average Bonchev–Trinajstić information content (AvgIpc) is 3.04. The van der Waals surface area contributed by atoms with Crippen molar-refractivity contribution in [2.45, 2.75) is 44.9 Å². The van der Waals surface area contributed by atoms with Crippen molar-refractivity contribution in [1.29, 1.82) is 0 Å². The SMILES string of the molecule is CC(=O)C[C@@H]1CC[C@H](c2ccccc2)N1C(=O)OCc1ccccc1. The van der Waals surface area contributed by atoms with Crippen molar-refractivity contribution in [2.75, 3.05) is 0 Å². The zero-order valence-corrected chi connectivity index (χ0v) is 14.4. The maximum atomic E-state index is 12.8. The standard InChI is InChI=1S/C21H23NO3/c1-16(23)14-19-12-13-20(18-10-6-3-7-11-18)22(19)21(24)25-15-17-8-4-2-5-9-17/h2-11,19-20H,12-15H2,1H3/t19-,20+/m0/s1. The second-order valence-electron chi connectivity index (χ2n) is 6.51. The van der Waals surface area contributed by atoms with Crippen LogP contribution in [0.15, 0.2) is 60.7 Å². The third kappa shape index (κ3) is 4.27. The van der Waals surface area contributed by atoms with Gasteiger partial charge in [0.25, 0.3) is 0 Å². The predicted octanol–water partition coefficient (Wildman–Crippen LogP) is 4.51. The van der Waals surface area contributed by atoms with E-state index in [9.17, 15) is 9.59 Å². The number of ether oxygens (including phenoxy) is 1. The summed E-state index contributed by atoms with van der Waals surface area (Å²) in [6, 6.07) is 19.5. The topological polar surface area (TPSA) is 46.6 Å². The third-order valence-electron chi connectivity index (χ3n) is 4.63. The number of carbonyl (C=O) groups excluding carboxylic acids is 2. The zero-order valence-electron chi connectivity index (χ0n) is 14.4. The van der Waals surface area contributed by atoms with Gasteiger partial charge in [-0.05, 0) is 30.9 Å². The molecule has 0 radical (unpaired) electrons. The van der Waals surface area contributed by atoms with Crippen molar-refractivity contribution in [3.05, 3.63) is 71.8 Å². The number of hydrogen-bond acceptors (Lipinski definition) is 3. The molecule has 3 rings (SSSR count). The van der Waals surface area contributed by atoms with Crippen LogP contribution in [0.3, 0.4) is 0 Å². The van der Waals surface area contributed by atoms with E-state index in [1.54, 1.807) is 11.8 Å². The fraction of sp³-hybridized carbons (Fsp3) is 0.333. The highest BCUT2D eigenvalue weighted by atomic mass is 16.6. The Labute approximate surface area is 148 Å². The molecule has 1 saturated heterocycles. The lowest BCUT2D eigenvalue weighted by atomic mass is 10.0. The third-order valence-corrected chi connectivity index (χ3v) is 4.63. The molecule has 1 fully saturated rings. The molecule has 4 heteroatoms. The number of benzene rings is 2. The van der Waals surface area contributed by atoms with Gasteiger partial charge in [-0.25, -0.2) is 4.79 Å². The highest BCUT2D eigenvalue weighted by Gasteiger charge is 2.39. The first-order valence-electron chi connectivity index (χ1n) is 8.68. The van der Waals surface area contributed by atoms with Gasteiger partial charge in [-0.3, -0.25) is 9.69 Å². The Kier molecular flexibility index (Phi) is 5.49. The summed E-state index contributed by atoms with van der Waals surface area (Å²) in [5, 5.41) is 0. The summed E-state index contributed by atoms with van der Waals surface area (Å²) in [5.41, 5.74) is 2.04. The van der Waals surface area contributed by atoms with Crippen LogP contribution in [0.5, 0.6) is 0 Å². The summed E-state index contributed by atoms with van der Waals surface area (Å²) in [5.74, 6) is 0.0968. The van der Waals surface area contributed by atoms with Crippen molar-refractivity contribution in [3.63, 3.8) is 0 Å². The Morgan fingerprint density at radius 3 is 2.28 bits per heavy atom. The van der Waals surface area contributed by atoms with Gasteiger partial charge < -0.3 is 4.74 Å². The second kappa shape index (κ2) is 7.97. The van der Waals surface area contributed by atoms with Crippen LogP contribution in [-0.2, 0) is 16.1 Å². The molecule has 4 nitrogen and oxygen atoms in total. The van der Waals surface area contributed by atoms with Crippen molar-refractivity contribution < 1.29 is 14.3 Å². The molecule has 0 bridgehead atoms. The highest BCUT2D eigenvalue weighted by molar-refractivity contribution is 5.77. The molecule has 0 saturated carbocycles. The molecule has 1 amide bonds. The minimum absolute atomic E-state index is 0.0335. The van der Waals surface area contributed by atoms with Gasteiger partial charge in [0, 0.05) is 12.5 Å². The van der Waals surface area contributed by atoms with Gasteiger partial charge in [0.05, 0.1) is 6.04 Å². The number of amides is 1. The molecule has 0 N–H and O–H groups in total. The fourth-order valence-corrected chi connectivity index (χ4v) is 3.49. The van der Waals surface area contributed by atoms with Crippen LogP contribution < -0.4 is 0 Å². The first-order valence-corrected chi connectivity index (χ1v) is 8.68. The van der Waals surface area contributed by atoms with Gasteiger partial charge in [-0.15, -0.1) is 0 Å². The molecule has 2 atom stereocenters. The Balaban J connectivity index is 1.76. The summed E-state index contributed by atoms with van der Waals surface area (Å²) >= 11 is 0. The van der Waals surface area contributed by atoms with E-state index in [0.29, 0.717) is 6.42 Å². The van der Waals surface area contributed by atoms with Crippen LogP contribution in [0.2, 0.25) is 0 Å². The van der Waals surface area contributed by atoms with Gasteiger partial charge in [-0.1, -0.05) is 60.7 Å². The largest absolute Gasteiger partial charge is 0.445 e. The van der Waals surface area contributed by atoms with E-state index in [4.69, 9.17) is 4.74 Å². The second-order valence-corrected chi connectivity index (χ2v) is 6.51. The quantitative estimate of drug-likeness (QED) is 0.806. The molecule has 1 aliphatic heterocycles. The smallest absolute Gasteiger partial charge is 0.410 e. The van der Waals surface area contributed by atoms with Crippen molar-refractivity contribution in [3.8, 4) is 0 Å². The zero-order chi connectivity index (χ0) is 17.6. The molecule has 1 aliphatic rings. The van der Waals surface area contributed by atoms with E-state index in [1.807, 2.05) is 60.7 Å². The first-order chi connectivity index (χ1) is 12.1. The number of rotatable bonds is 5. The van der Waals surface area contributed by atoms with Crippen LogP contribution >= 0.6 is 0 Å². The summed E-state index contributed by atoms with van der Waals surface area (Å²) in [6.45, 7) is 1.81. The number of hydrogen-bond donors (Lipinski definition) is 0. The number of likely N-dealkylation sites (tertiary alicyclic amines) is 1. The molecular weight excluding hydrogens is 314 g/mol. The predicted molar refractivity (Wildman–Crippen MR) is 96.0 cm³/mol. The van der Waals surface area contributed by atoms with Crippen LogP contribution in [0.25, 0.3) is 0 Å². The molecule has 2 aromatic carbocycles. The van der Waals surface area contributed by atoms with E-state index in [-0.39, 0.29) is 30.6 Å². The van der Waals surface area contributed by atoms with Crippen LogP contribution in [0.1, 0.15) is 43.4 Å². The van der Waals surface area contributed by atoms with Gasteiger partial charge in [-0.2, -0.15) is 0 Å². The van der Waals surface area contributed by atoms with Crippen LogP contribution in [-0.4, -0.2) is 22.8 Å². The highest BCUT2D eigenvalue weighted by Crippen LogP contribution is 2.38. The summed E-state index contributed by atoms with van der Waals surface area (Å²) < 4.78 is 5.55. The van der Waals surface area contributed by atoms with E-state index in [1.165, 1.54) is 0 Å². The molecule has 0 aromatic heterocycles. The van der Waals surface area contributed by atoms with E-state index in [0.717, 1.165) is 24.0 Å². The van der Waals surface area contributed by atoms with E-state index < -0.39 is 0 Å². The normalized spacial score (nSPS) is 19.6. The maximum Gasteiger partial charge on any atom is 0.410 e.